The second-order valence-electron chi connectivity index (χ2n) is 5.55. The summed E-state index contributed by atoms with van der Waals surface area (Å²) in [5.74, 6) is -2.29. The van der Waals surface area contributed by atoms with Crippen LogP contribution in [0, 0.1) is 17.0 Å². The van der Waals surface area contributed by atoms with Gasteiger partial charge in [0.05, 0.1) is 21.2 Å². The Hall–Kier alpha value is -3.59. The van der Waals surface area contributed by atoms with Gasteiger partial charge in [-0.2, -0.15) is 0 Å². The molecule has 0 radical (unpaired) electrons. The smallest absolute Gasteiger partial charge is 0.343 e. The predicted octanol–water partition coefficient (Wildman–Crippen LogP) is 3.98. The number of benzene rings is 2. The summed E-state index contributed by atoms with van der Waals surface area (Å²) in [5.41, 5.74) is 0.399. The van der Waals surface area contributed by atoms with Gasteiger partial charge in [-0.25, -0.2) is 9.78 Å². The molecular formula is C18H13N3O5S. The van der Waals surface area contributed by atoms with Crippen LogP contribution in [0.25, 0.3) is 11.3 Å². The topological polar surface area (TPSA) is 122 Å². The standard InChI is InChI=1S/C18H13N3O5S/c1-10-19-14(9-27-10)11-4-2-5-12(8-11)20-17(22)13-6-3-7-15(21(25)26)16(13)18(23)24/h2-9H,1H3,(H,20,22)(H,23,24). The highest BCUT2D eigenvalue weighted by molar-refractivity contribution is 7.09. The highest BCUT2D eigenvalue weighted by Gasteiger charge is 2.27. The van der Waals surface area contributed by atoms with Crippen LogP contribution in [0.5, 0.6) is 0 Å². The monoisotopic (exact) mass is 383 g/mol. The Kier molecular flexibility index (Phi) is 4.95. The van der Waals surface area contributed by atoms with E-state index >= 15 is 0 Å². The molecule has 0 aliphatic carbocycles. The van der Waals surface area contributed by atoms with E-state index in [-0.39, 0.29) is 5.56 Å². The lowest BCUT2D eigenvalue weighted by atomic mass is 10.0. The molecule has 2 N–H and O–H groups in total. The number of carboxylic acid groups (broad SMARTS) is 1. The number of hydrogen-bond acceptors (Lipinski definition) is 6. The van der Waals surface area contributed by atoms with Crippen molar-refractivity contribution in [1.29, 1.82) is 0 Å². The number of rotatable bonds is 5. The van der Waals surface area contributed by atoms with Crippen molar-refractivity contribution < 1.29 is 19.6 Å². The molecule has 8 nitrogen and oxygen atoms in total. The number of carbonyl (C=O) groups is 2. The number of nitrogens with zero attached hydrogens (tertiary/aromatic N) is 2. The maximum atomic E-state index is 12.6. The number of aromatic carboxylic acids is 1. The highest BCUT2D eigenvalue weighted by Crippen LogP contribution is 2.26. The van der Waals surface area contributed by atoms with Crippen LogP contribution in [-0.4, -0.2) is 26.9 Å². The molecule has 0 fully saturated rings. The van der Waals surface area contributed by atoms with Crippen molar-refractivity contribution in [3.05, 3.63) is 74.1 Å². The minimum atomic E-state index is -1.54. The molecule has 0 aliphatic heterocycles. The van der Waals surface area contributed by atoms with Crippen LogP contribution in [0.4, 0.5) is 11.4 Å². The Morgan fingerprint density at radius 1 is 1.22 bits per heavy atom. The Morgan fingerprint density at radius 2 is 1.96 bits per heavy atom. The number of carbonyl (C=O) groups excluding carboxylic acids is 1. The van der Waals surface area contributed by atoms with E-state index in [0.717, 1.165) is 22.3 Å². The van der Waals surface area contributed by atoms with E-state index in [2.05, 4.69) is 10.3 Å². The van der Waals surface area contributed by atoms with Gasteiger partial charge in [0.2, 0.25) is 0 Å². The fourth-order valence-electron chi connectivity index (χ4n) is 2.56. The Balaban J connectivity index is 1.94. The van der Waals surface area contributed by atoms with Crippen LogP contribution in [0.1, 0.15) is 25.7 Å². The first-order valence-electron chi connectivity index (χ1n) is 7.71. The minimum absolute atomic E-state index is 0.286. The van der Waals surface area contributed by atoms with E-state index in [1.165, 1.54) is 23.5 Å². The van der Waals surface area contributed by atoms with Gasteiger partial charge in [0.25, 0.3) is 11.6 Å². The van der Waals surface area contributed by atoms with E-state index in [1.807, 2.05) is 18.4 Å². The molecule has 0 bridgehead atoms. The number of nitro benzene ring substituents is 1. The second kappa shape index (κ2) is 7.34. The van der Waals surface area contributed by atoms with Crippen molar-refractivity contribution in [2.75, 3.05) is 5.32 Å². The number of nitrogens with one attached hydrogen (secondary N) is 1. The number of hydrogen-bond donors (Lipinski definition) is 2. The van der Waals surface area contributed by atoms with E-state index < -0.39 is 28.1 Å². The molecule has 3 aromatic rings. The summed E-state index contributed by atoms with van der Waals surface area (Å²) in [6.45, 7) is 1.88. The van der Waals surface area contributed by atoms with Gasteiger partial charge in [0, 0.05) is 22.7 Å². The number of carboxylic acids is 1. The van der Waals surface area contributed by atoms with Gasteiger partial charge in [-0.15, -0.1) is 11.3 Å². The van der Waals surface area contributed by atoms with Gasteiger partial charge in [0.15, 0.2) is 0 Å². The van der Waals surface area contributed by atoms with Crippen molar-refractivity contribution in [3.63, 3.8) is 0 Å². The van der Waals surface area contributed by atoms with E-state index in [9.17, 15) is 24.8 Å². The zero-order valence-electron chi connectivity index (χ0n) is 14.0. The third kappa shape index (κ3) is 3.82. The second-order valence-corrected chi connectivity index (χ2v) is 6.61. The first-order chi connectivity index (χ1) is 12.9. The highest BCUT2D eigenvalue weighted by atomic mass is 32.1. The largest absolute Gasteiger partial charge is 0.477 e. The molecule has 1 heterocycles. The van der Waals surface area contributed by atoms with Crippen molar-refractivity contribution >= 4 is 34.6 Å². The molecule has 2 aromatic carbocycles. The molecule has 9 heteroatoms. The summed E-state index contributed by atoms with van der Waals surface area (Å²) in [4.78, 5) is 38.6. The van der Waals surface area contributed by atoms with Crippen LogP contribution < -0.4 is 5.32 Å². The molecule has 136 valence electrons. The van der Waals surface area contributed by atoms with E-state index in [1.54, 1.807) is 18.2 Å². The van der Waals surface area contributed by atoms with Crippen molar-refractivity contribution in [3.8, 4) is 11.3 Å². The molecular weight excluding hydrogens is 370 g/mol. The van der Waals surface area contributed by atoms with Gasteiger partial charge in [-0.1, -0.05) is 18.2 Å². The van der Waals surface area contributed by atoms with Gasteiger partial charge in [0.1, 0.15) is 5.56 Å². The maximum Gasteiger partial charge on any atom is 0.343 e. The lowest BCUT2D eigenvalue weighted by Gasteiger charge is -2.09. The fraction of sp³-hybridized carbons (Fsp3) is 0.0556. The molecule has 1 amide bonds. The van der Waals surface area contributed by atoms with Crippen LogP contribution in [0.2, 0.25) is 0 Å². The molecule has 0 unspecified atom stereocenters. The number of aryl methyl sites for hydroxylation is 1. The molecule has 0 saturated carbocycles. The van der Waals surface area contributed by atoms with Crippen LogP contribution >= 0.6 is 11.3 Å². The molecule has 0 aliphatic rings. The Labute approximate surface area is 157 Å². The SMILES string of the molecule is Cc1nc(-c2cccc(NC(=O)c3cccc([N+](=O)[O-])c3C(=O)O)c2)cs1. The summed E-state index contributed by atoms with van der Waals surface area (Å²) in [5, 5.41) is 25.8. The lowest BCUT2D eigenvalue weighted by Crippen LogP contribution is -2.17. The zero-order valence-corrected chi connectivity index (χ0v) is 14.8. The van der Waals surface area contributed by atoms with Crippen molar-refractivity contribution in [2.45, 2.75) is 6.92 Å². The van der Waals surface area contributed by atoms with Crippen molar-refractivity contribution in [1.82, 2.24) is 4.98 Å². The summed E-state index contributed by atoms with van der Waals surface area (Å²) in [6.07, 6.45) is 0. The number of anilines is 1. The van der Waals surface area contributed by atoms with Gasteiger partial charge >= 0.3 is 5.97 Å². The number of amides is 1. The predicted molar refractivity (Wildman–Crippen MR) is 100 cm³/mol. The molecule has 0 saturated heterocycles. The maximum absolute atomic E-state index is 12.6. The summed E-state index contributed by atoms with van der Waals surface area (Å²) in [6, 6.07) is 10.5. The average molecular weight is 383 g/mol. The average Bonchev–Trinajstić information content (AvgIpc) is 3.07. The normalized spacial score (nSPS) is 10.4. The first kappa shape index (κ1) is 18.2. The molecule has 3 rings (SSSR count). The summed E-state index contributed by atoms with van der Waals surface area (Å²) in [7, 11) is 0. The van der Waals surface area contributed by atoms with Crippen molar-refractivity contribution in [2.24, 2.45) is 0 Å². The zero-order chi connectivity index (χ0) is 19.6. The van der Waals surface area contributed by atoms with E-state index in [0.29, 0.717) is 5.69 Å². The van der Waals surface area contributed by atoms with Crippen LogP contribution in [-0.2, 0) is 0 Å². The summed E-state index contributed by atoms with van der Waals surface area (Å²) < 4.78 is 0. The Bertz CT molecular complexity index is 1060. The molecule has 1 aromatic heterocycles. The van der Waals surface area contributed by atoms with E-state index in [4.69, 9.17) is 0 Å². The third-order valence-electron chi connectivity index (χ3n) is 3.73. The minimum Gasteiger partial charge on any atom is -0.477 e. The van der Waals surface area contributed by atoms with Gasteiger partial charge in [-0.3, -0.25) is 14.9 Å². The molecule has 0 atom stereocenters. The number of thiazole rings is 1. The lowest BCUT2D eigenvalue weighted by molar-refractivity contribution is -0.385. The number of aromatic nitrogens is 1. The third-order valence-corrected chi connectivity index (χ3v) is 4.51. The molecule has 27 heavy (non-hydrogen) atoms. The molecule has 0 spiro atoms. The van der Waals surface area contributed by atoms with Crippen LogP contribution in [0.3, 0.4) is 0 Å². The quantitative estimate of drug-likeness (QED) is 0.507. The summed E-state index contributed by atoms with van der Waals surface area (Å²) >= 11 is 1.50. The van der Waals surface area contributed by atoms with Gasteiger partial charge in [-0.05, 0) is 25.1 Å². The fourth-order valence-corrected chi connectivity index (χ4v) is 3.18. The Morgan fingerprint density at radius 3 is 2.59 bits per heavy atom. The first-order valence-corrected chi connectivity index (χ1v) is 8.59. The van der Waals surface area contributed by atoms with Crippen LogP contribution in [0.15, 0.2) is 47.8 Å². The van der Waals surface area contributed by atoms with Gasteiger partial charge < -0.3 is 10.4 Å². The number of nitro groups is 1.